The van der Waals surface area contributed by atoms with Gasteiger partial charge in [-0.3, -0.25) is 4.55 Å². The fourth-order valence-corrected chi connectivity index (χ4v) is 14.9. The Kier molecular flexibility index (Phi) is 13.8. The van der Waals surface area contributed by atoms with E-state index < -0.39 is 133 Å². The average Bonchev–Trinajstić information content (AvgIpc) is 3.71. The first kappa shape index (κ1) is 49.9. The molecule has 5 aliphatic heterocycles. The first-order valence-electron chi connectivity index (χ1n) is 24.0. The maximum absolute atomic E-state index is 12.0. The Labute approximate surface area is 385 Å². The fourth-order valence-electron chi connectivity index (χ4n) is 14.3. The van der Waals surface area contributed by atoms with Crippen molar-refractivity contribution in [1.82, 2.24) is 0 Å². The van der Waals surface area contributed by atoms with Crippen molar-refractivity contribution in [2.75, 3.05) is 13.2 Å². The van der Waals surface area contributed by atoms with Crippen LogP contribution in [-0.2, 0) is 52.5 Å². The number of aliphatic hydroxyl groups excluding tert-OH is 8. The molecule has 66 heavy (non-hydrogen) atoms. The van der Waals surface area contributed by atoms with E-state index in [1.807, 2.05) is 0 Å². The van der Waals surface area contributed by atoms with Crippen LogP contribution in [0.5, 0.6) is 0 Å². The van der Waals surface area contributed by atoms with Crippen LogP contribution in [-0.4, -0.2) is 183 Å². The van der Waals surface area contributed by atoms with Crippen molar-refractivity contribution < 1.29 is 95.9 Å². The monoisotopic (exact) mass is 964 g/mol. The molecule has 5 saturated heterocycles. The molecule has 0 amide bonds. The molecule has 0 radical (unpaired) electrons. The number of aliphatic hydroxyl groups is 8. The molecule has 9 aliphatic rings. The third-order valence-corrected chi connectivity index (χ3v) is 18.4. The number of ether oxygens (including phenoxy) is 8. The molecule has 0 aromatic carbocycles. The summed E-state index contributed by atoms with van der Waals surface area (Å²) in [6.07, 6.45) is -16.9. The van der Waals surface area contributed by atoms with Crippen molar-refractivity contribution in [3.8, 4) is 0 Å². The normalized spacial score (nSPS) is 56.3. The van der Waals surface area contributed by atoms with Crippen LogP contribution in [0, 0.1) is 46.3 Å². The Bertz CT molecular complexity index is 1880. The summed E-state index contributed by atoms with van der Waals surface area (Å²) in [5, 5.41) is 86.1. The van der Waals surface area contributed by atoms with Crippen LogP contribution in [0.25, 0.3) is 0 Å². The van der Waals surface area contributed by atoms with Crippen LogP contribution in [0.3, 0.4) is 0 Å². The van der Waals surface area contributed by atoms with E-state index in [4.69, 9.17) is 42.1 Å². The zero-order valence-corrected chi connectivity index (χ0v) is 39.2. The number of allylic oxidation sites excluding steroid dienone is 1. The van der Waals surface area contributed by atoms with Gasteiger partial charge in [-0.05, 0) is 87.4 Å². The molecule has 5 heterocycles. The lowest BCUT2D eigenvalue weighted by Gasteiger charge is -2.61. The molecule has 0 aromatic rings. The zero-order chi connectivity index (χ0) is 47.6. The van der Waals surface area contributed by atoms with E-state index in [0.29, 0.717) is 30.8 Å². The second-order valence-electron chi connectivity index (χ2n) is 21.6. The standard InChI is InChI=1S/C45H72O20S/c1-18-9-12-45(57-17-18)19(2)30-27(64-45)15-26-24-8-7-22-13-23(60-41-36(52)34(50)32(48)28(16-46)61-41)14-29(44(22,6)25(24)10-11-43(26,30)5)62-42-39(37(53)38(21(4)59-42)65-66(54,55)56)63-40-35(51)33(49)31(47)20(3)58-40/h7,18-21,23-42,46-53H,8-17H2,1-6H3,(H,54,55,56)/t18-,19+,20+,21-,23-,24-,25+,26+,27+,28-,29-,30+,31+,32-,33-,34+,35-,36-,37+,38+,39-,40+,41-,42+,43+,44+,45-/m1/s1. The highest BCUT2D eigenvalue weighted by Crippen LogP contribution is 2.71. The third-order valence-electron chi connectivity index (χ3n) is 18.0. The Balaban J connectivity index is 1.04. The van der Waals surface area contributed by atoms with Crippen molar-refractivity contribution in [2.24, 2.45) is 46.3 Å². The Morgan fingerprint density at radius 3 is 2.09 bits per heavy atom. The van der Waals surface area contributed by atoms with E-state index in [9.17, 15) is 53.8 Å². The SMILES string of the molecule is C[C@@H]1CC[C@@]2(OC1)O[C@H]1C[C@H]3[C@@H]4CC=C5C[C@@H](O[C@@H]6O[C@H](CO)[C@@H](O)[C@H](O)[C@H]6O)C[C@@H](O[C@@H]6O[C@H](C)[C@H](OS(=O)(=O)O)[C@H](O)[C@H]6O[C@@H]6O[C@@H](C)[C@H](O)[C@@H](O)[C@H]6O)[C@]5(C)[C@H]4CC[C@]3(C)[C@H]1[C@@H]2C. The number of hydrogen-bond donors (Lipinski definition) is 9. The second-order valence-corrected chi connectivity index (χ2v) is 22.7. The molecule has 20 nitrogen and oxygen atoms in total. The molecular weight excluding hydrogens is 893 g/mol. The van der Waals surface area contributed by atoms with Gasteiger partial charge in [-0.15, -0.1) is 0 Å². The van der Waals surface area contributed by atoms with Gasteiger partial charge in [0.15, 0.2) is 24.7 Å². The van der Waals surface area contributed by atoms with Crippen molar-refractivity contribution >= 4 is 10.4 Å². The van der Waals surface area contributed by atoms with Crippen LogP contribution < -0.4 is 0 Å². The van der Waals surface area contributed by atoms with Crippen LogP contribution >= 0.6 is 0 Å². The van der Waals surface area contributed by atoms with Gasteiger partial charge in [0.2, 0.25) is 0 Å². The van der Waals surface area contributed by atoms with Crippen LogP contribution in [0.1, 0.15) is 92.9 Å². The molecule has 0 bridgehead atoms. The molecule has 0 unspecified atom stereocenters. The van der Waals surface area contributed by atoms with Crippen molar-refractivity contribution in [1.29, 1.82) is 0 Å². The molecule has 27 atom stereocenters. The molecule has 21 heteroatoms. The van der Waals surface area contributed by atoms with Gasteiger partial charge in [0.05, 0.1) is 43.7 Å². The van der Waals surface area contributed by atoms with Crippen LogP contribution in [0.2, 0.25) is 0 Å². The summed E-state index contributed by atoms with van der Waals surface area (Å²) < 4.78 is 89.7. The topological polar surface area (TPSA) is 299 Å². The summed E-state index contributed by atoms with van der Waals surface area (Å²) in [4.78, 5) is 0. The minimum atomic E-state index is -5.15. The van der Waals surface area contributed by atoms with E-state index in [2.05, 4.69) is 33.8 Å². The summed E-state index contributed by atoms with van der Waals surface area (Å²) in [7, 11) is -5.15. The highest BCUT2D eigenvalue weighted by molar-refractivity contribution is 7.80. The minimum absolute atomic E-state index is 0.0359. The van der Waals surface area contributed by atoms with Crippen LogP contribution in [0.15, 0.2) is 11.6 Å². The van der Waals surface area contributed by atoms with Gasteiger partial charge in [-0.2, -0.15) is 8.42 Å². The van der Waals surface area contributed by atoms with Gasteiger partial charge in [0.1, 0.15) is 61.0 Å². The smallest absolute Gasteiger partial charge is 0.394 e. The summed E-state index contributed by atoms with van der Waals surface area (Å²) in [5.41, 5.74) is 0.231. The molecule has 1 spiro atoms. The molecule has 0 aromatic heterocycles. The summed E-state index contributed by atoms with van der Waals surface area (Å²) in [5.74, 6) is 0.968. The average molecular weight is 965 g/mol. The zero-order valence-electron chi connectivity index (χ0n) is 38.4. The van der Waals surface area contributed by atoms with Crippen molar-refractivity contribution in [3.63, 3.8) is 0 Å². The summed E-state index contributed by atoms with van der Waals surface area (Å²) >= 11 is 0. The van der Waals surface area contributed by atoms with Crippen molar-refractivity contribution in [3.05, 3.63) is 11.6 Å². The first-order chi connectivity index (χ1) is 31.0. The van der Waals surface area contributed by atoms with E-state index in [1.165, 1.54) is 13.8 Å². The van der Waals surface area contributed by atoms with Gasteiger partial charge in [0, 0.05) is 24.2 Å². The van der Waals surface area contributed by atoms with Gasteiger partial charge < -0.3 is 78.7 Å². The van der Waals surface area contributed by atoms with Gasteiger partial charge in [-0.1, -0.05) is 39.3 Å². The largest absolute Gasteiger partial charge is 0.397 e. The van der Waals surface area contributed by atoms with Gasteiger partial charge >= 0.3 is 10.4 Å². The predicted octanol–water partition coefficient (Wildman–Crippen LogP) is 0.0396. The second kappa shape index (κ2) is 18.2. The maximum Gasteiger partial charge on any atom is 0.397 e. The Hall–Kier alpha value is -1.03. The molecule has 9 N–H and O–H groups in total. The van der Waals surface area contributed by atoms with E-state index in [-0.39, 0.29) is 35.7 Å². The van der Waals surface area contributed by atoms with E-state index in [1.54, 1.807) is 0 Å². The van der Waals surface area contributed by atoms with Gasteiger partial charge in [0.25, 0.3) is 0 Å². The molecular formula is C45H72O20S. The molecule has 378 valence electrons. The van der Waals surface area contributed by atoms with E-state index in [0.717, 1.165) is 44.1 Å². The lowest BCUT2D eigenvalue weighted by Crippen LogP contribution is -2.65. The highest BCUT2D eigenvalue weighted by atomic mass is 32.3. The molecule has 8 fully saturated rings. The molecule has 4 aliphatic carbocycles. The third kappa shape index (κ3) is 8.37. The number of fused-ring (bicyclic) bond motifs is 7. The lowest BCUT2D eigenvalue weighted by molar-refractivity contribution is -0.371. The highest BCUT2D eigenvalue weighted by Gasteiger charge is 2.70. The van der Waals surface area contributed by atoms with Crippen molar-refractivity contribution in [2.45, 2.75) is 209 Å². The predicted molar refractivity (Wildman–Crippen MR) is 225 cm³/mol. The maximum atomic E-state index is 12.0. The summed E-state index contributed by atoms with van der Waals surface area (Å²) in [6.45, 7) is 12.0. The summed E-state index contributed by atoms with van der Waals surface area (Å²) in [6, 6.07) is 0. The Morgan fingerprint density at radius 1 is 0.742 bits per heavy atom. The van der Waals surface area contributed by atoms with E-state index >= 15 is 0 Å². The minimum Gasteiger partial charge on any atom is -0.394 e. The quantitative estimate of drug-likeness (QED) is 0.109. The molecule has 9 rings (SSSR count). The first-order valence-corrected chi connectivity index (χ1v) is 25.3. The lowest BCUT2D eigenvalue weighted by atomic mass is 9.46. The van der Waals surface area contributed by atoms with Crippen LogP contribution in [0.4, 0.5) is 0 Å². The number of hydrogen-bond acceptors (Lipinski definition) is 19. The molecule has 3 saturated carbocycles. The fraction of sp³-hybridized carbons (Fsp3) is 0.956. The Morgan fingerprint density at radius 2 is 1.42 bits per heavy atom. The van der Waals surface area contributed by atoms with Gasteiger partial charge in [-0.25, -0.2) is 4.18 Å². The number of rotatable bonds is 9.